The van der Waals surface area contributed by atoms with Crippen molar-refractivity contribution in [3.63, 3.8) is 0 Å². The van der Waals surface area contributed by atoms with E-state index in [1.165, 1.54) is 11.5 Å². The van der Waals surface area contributed by atoms with Crippen molar-refractivity contribution in [2.45, 2.75) is 26.3 Å². The maximum Gasteiger partial charge on any atom is 0.202 e. The molecule has 2 aromatic rings. The van der Waals surface area contributed by atoms with Gasteiger partial charge in [0, 0.05) is 30.2 Å². The van der Waals surface area contributed by atoms with Crippen molar-refractivity contribution >= 4 is 22.4 Å². The fraction of sp³-hybridized carbons (Fsp3) is 0.500. The molecule has 0 radical (unpaired) electrons. The zero-order valence-corrected chi connectivity index (χ0v) is 10.7. The first-order valence-corrected chi connectivity index (χ1v) is 6.28. The second-order valence-electron chi connectivity index (χ2n) is 4.08. The summed E-state index contributed by atoms with van der Waals surface area (Å²) in [4.78, 5) is 4.39. The summed E-state index contributed by atoms with van der Waals surface area (Å²) in [5, 5.41) is 8.18. The van der Waals surface area contributed by atoms with Crippen LogP contribution in [0, 0.1) is 0 Å². The predicted molar refractivity (Wildman–Crippen MR) is 69.1 cm³/mol. The van der Waals surface area contributed by atoms with E-state index in [0.29, 0.717) is 11.6 Å². The molecule has 0 fully saturated rings. The Kier molecular flexibility index (Phi) is 3.58. The van der Waals surface area contributed by atoms with Gasteiger partial charge in [0.25, 0.3) is 0 Å². The van der Waals surface area contributed by atoms with Crippen molar-refractivity contribution in [2.75, 3.05) is 17.6 Å². The summed E-state index contributed by atoms with van der Waals surface area (Å²) in [6.07, 6.45) is 3.45. The maximum atomic E-state index is 5.57. The summed E-state index contributed by atoms with van der Waals surface area (Å²) < 4.78 is 6.07. The summed E-state index contributed by atoms with van der Waals surface area (Å²) in [5.74, 6) is 1.26. The van der Waals surface area contributed by atoms with Gasteiger partial charge in [-0.1, -0.05) is 13.8 Å². The molecular weight excluding hydrogens is 236 g/mol. The third-order valence-corrected chi connectivity index (χ3v) is 2.92. The summed E-state index contributed by atoms with van der Waals surface area (Å²) in [7, 11) is 0. The van der Waals surface area contributed by atoms with Crippen molar-refractivity contribution < 1.29 is 0 Å². The Labute approximate surface area is 104 Å². The van der Waals surface area contributed by atoms with Gasteiger partial charge >= 0.3 is 0 Å². The molecule has 3 N–H and O–H groups in total. The number of nitrogens with two attached hydrogens (primary N) is 1. The molecule has 0 saturated carbocycles. The van der Waals surface area contributed by atoms with Crippen LogP contribution < -0.4 is 11.1 Å². The molecule has 0 aliphatic rings. The molecule has 2 rings (SSSR count). The van der Waals surface area contributed by atoms with Crippen molar-refractivity contribution in [3.05, 3.63) is 18.2 Å². The second-order valence-corrected chi connectivity index (χ2v) is 4.83. The van der Waals surface area contributed by atoms with Gasteiger partial charge in [0.05, 0.1) is 18.4 Å². The third kappa shape index (κ3) is 3.16. The number of anilines is 2. The van der Waals surface area contributed by atoms with Gasteiger partial charge in [-0.3, -0.25) is 4.68 Å². The van der Waals surface area contributed by atoms with E-state index in [1.807, 2.05) is 0 Å². The Morgan fingerprint density at radius 2 is 2.35 bits per heavy atom. The summed E-state index contributed by atoms with van der Waals surface area (Å²) >= 11 is 1.39. The normalized spacial score (nSPS) is 11.0. The van der Waals surface area contributed by atoms with Crippen molar-refractivity contribution in [1.82, 2.24) is 19.1 Å². The molecule has 0 spiro atoms. The molecule has 6 nitrogen and oxygen atoms in total. The second kappa shape index (κ2) is 5.13. The smallest absolute Gasteiger partial charge is 0.202 e. The molecule has 0 aromatic carbocycles. The van der Waals surface area contributed by atoms with Crippen molar-refractivity contribution in [3.8, 4) is 0 Å². The number of nitrogens with one attached hydrogen (secondary N) is 1. The van der Waals surface area contributed by atoms with Gasteiger partial charge in [0.2, 0.25) is 5.13 Å². The molecule has 0 unspecified atom stereocenters. The minimum atomic E-state index is 0.368. The van der Waals surface area contributed by atoms with Gasteiger partial charge in [-0.05, 0) is 0 Å². The lowest BCUT2D eigenvalue weighted by Gasteiger charge is -2.02. The van der Waals surface area contributed by atoms with E-state index in [2.05, 4.69) is 33.6 Å². The Balaban J connectivity index is 1.81. The highest BCUT2D eigenvalue weighted by Gasteiger charge is 2.06. The van der Waals surface area contributed by atoms with E-state index in [-0.39, 0.29) is 0 Å². The highest BCUT2D eigenvalue weighted by molar-refractivity contribution is 7.09. The Hall–Kier alpha value is -1.63. The van der Waals surface area contributed by atoms with Crippen LogP contribution in [-0.4, -0.2) is 25.7 Å². The molecule has 7 heteroatoms. The first-order valence-electron chi connectivity index (χ1n) is 5.50. The SMILES string of the molecule is CC(C)c1nsc(NCCn2cc(N)cn2)n1. The van der Waals surface area contributed by atoms with Gasteiger partial charge < -0.3 is 11.1 Å². The zero-order chi connectivity index (χ0) is 12.3. The number of nitrogens with zero attached hydrogens (tertiary/aromatic N) is 4. The molecule has 0 bridgehead atoms. The fourth-order valence-corrected chi connectivity index (χ4v) is 2.05. The van der Waals surface area contributed by atoms with Crippen LogP contribution in [0.4, 0.5) is 10.8 Å². The Morgan fingerprint density at radius 3 is 2.94 bits per heavy atom. The first kappa shape index (κ1) is 11.8. The van der Waals surface area contributed by atoms with E-state index in [9.17, 15) is 0 Å². The minimum absolute atomic E-state index is 0.368. The molecule has 17 heavy (non-hydrogen) atoms. The minimum Gasteiger partial charge on any atom is -0.396 e. The highest BCUT2D eigenvalue weighted by Crippen LogP contribution is 2.16. The molecule has 0 aliphatic heterocycles. The molecule has 0 aliphatic carbocycles. The molecule has 2 aromatic heterocycles. The largest absolute Gasteiger partial charge is 0.396 e. The van der Waals surface area contributed by atoms with E-state index in [4.69, 9.17) is 5.73 Å². The maximum absolute atomic E-state index is 5.57. The number of rotatable bonds is 5. The molecule has 0 atom stereocenters. The van der Waals surface area contributed by atoms with Crippen LogP contribution in [0.1, 0.15) is 25.6 Å². The topological polar surface area (TPSA) is 81.7 Å². The number of nitrogen functional groups attached to an aromatic ring is 1. The van der Waals surface area contributed by atoms with Gasteiger partial charge in [0.1, 0.15) is 5.82 Å². The van der Waals surface area contributed by atoms with Crippen LogP contribution in [0.15, 0.2) is 12.4 Å². The third-order valence-electron chi connectivity index (χ3n) is 2.23. The van der Waals surface area contributed by atoms with E-state index in [1.54, 1.807) is 17.1 Å². The molecule has 92 valence electrons. The van der Waals surface area contributed by atoms with Gasteiger partial charge in [-0.2, -0.15) is 9.47 Å². The van der Waals surface area contributed by atoms with E-state index < -0.39 is 0 Å². The molecular formula is C10H16N6S. The van der Waals surface area contributed by atoms with E-state index in [0.717, 1.165) is 24.0 Å². The van der Waals surface area contributed by atoms with E-state index >= 15 is 0 Å². The number of hydrogen-bond acceptors (Lipinski definition) is 6. The predicted octanol–water partition coefficient (Wildman–Crippen LogP) is 1.55. The van der Waals surface area contributed by atoms with Gasteiger partial charge in [-0.25, -0.2) is 4.98 Å². The molecule has 0 amide bonds. The lowest BCUT2D eigenvalue weighted by atomic mass is 10.2. The molecule has 0 saturated heterocycles. The van der Waals surface area contributed by atoms with Crippen LogP contribution in [0.3, 0.4) is 0 Å². The highest BCUT2D eigenvalue weighted by atomic mass is 32.1. The summed E-state index contributed by atoms with van der Waals surface area (Å²) in [6.45, 7) is 5.68. The van der Waals surface area contributed by atoms with Gasteiger partial charge in [0.15, 0.2) is 0 Å². The van der Waals surface area contributed by atoms with Crippen LogP contribution in [0.25, 0.3) is 0 Å². The van der Waals surface area contributed by atoms with Crippen LogP contribution in [0.5, 0.6) is 0 Å². The fourth-order valence-electron chi connectivity index (χ4n) is 1.32. The zero-order valence-electron chi connectivity index (χ0n) is 9.92. The number of aromatic nitrogens is 4. The quantitative estimate of drug-likeness (QED) is 0.843. The van der Waals surface area contributed by atoms with Crippen molar-refractivity contribution in [2.24, 2.45) is 0 Å². The summed E-state index contributed by atoms with van der Waals surface area (Å²) in [6, 6.07) is 0. The average molecular weight is 252 g/mol. The Morgan fingerprint density at radius 1 is 1.53 bits per heavy atom. The van der Waals surface area contributed by atoms with Crippen LogP contribution in [-0.2, 0) is 6.54 Å². The van der Waals surface area contributed by atoms with Gasteiger partial charge in [-0.15, -0.1) is 0 Å². The van der Waals surface area contributed by atoms with Crippen LogP contribution in [0.2, 0.25) is 0 Å². The molecule has 2 heterocycles. The van der Waals surface area contributed by atoms with Crippen molar-refractivity contribution in [1.29, 1.82) is 0 Å². The Bertz CT molecular complexity index is 475. The first-order chi connectivity index (χ1) is 8.15. The standard InChI is InChI=1S/C10H16N6S/c1-7(2)9-14-10(17-15-9)12-3-4-16-6-8(11)5-13-16/h5-7H,3-4,11H2,1-2H3,(H,12,14,15). The average Bonchev–Trinajstić information content (AvgIpc) is 2.88. The lowest BCUT2D eigenvalue weighted by molar-refractivity contribution is 0.637. The van der Waals surface area contributed by atoms with Crippen LogP contribution >= 0.6 is 11.5 Å². The lowest BCUT2D eigenvalue weighted by Crippen LogP contribution is -2.10. The summed E-state index contributed by atoms with van der Waals surface area (Å²) in [5.41, 5.74) is 6.26. The monoisotopic (exact) mass is 252 g/mol. The number of hydrogen-bond donors (Lipinski definition) is 2.